The summed E-state index contributed by atoms with van der Waals surface area (Å²) >= 11 is 1.35. The molecule has 5 heteroatoms. The van der Waals surface area contributed by atoms with E-state index in [2.05, 4.69) is 10.1 Å². The van der Waals surface area contributed by atoms with Gasteiger partial charge in [-0.1, -0.05) is 78.1 Å². The Morgan fingerprint density at radius 3 is 2.21 bits per heavy atom. The molecule has 2 aromatic carbocycles. The van der Waals surface area contributed by atoms with Crippen molar-refractivity contribution in [3.05, 3.63) is 92.5 Å². The number of thiazole rings is 1. The lowest BCUT2D eigenvalue weighted by Crippen LogP contribution is -2.23. The molecule has 0 aliphatic carbocycles. The predicted octanol–water partition coefficient (Wildman–Crippen LogP) is 2.87. The van der Waals surface area contributed by atoms with Gasteiger partial charge in [0.1, 0.15) is 0 Å². The maximum atomic E-state index is 12.4. The molecule has 2 heterocycles. The quantitative estimate of drug-likeness (QED) is 0.580. The topological polar surface area (TPSA) is 47.3 Å². The highest BCUT2D eigenvalue weighted by Gasteiger charge is 2.08. The first kappa shape index (κ1) is 14.5. The second kappa shape index (κ2) is 6.22. The van der Waals surface area contributed by atoms with E-state index >= 15 is 0 Å². The Bertz CT molecular complexity index is 1110. The van der Waals surface area contributed by atoms with E-state index in [-0.39, 0.29) is 5.56 Å². The van der Waals surface area contributed by atoms with Gasteiger partial charge in [0.2, 0.25) is 4.96 Å². The minimum atomic E-state index is -0.134. The van der Waals surface area contributed by atoms with E-state index in [0.717, 1.165) is 11.1 Å². The lowest BCUT2D eigenvalue weighted by molar-refractivity contribution is 0.925. The van der Waals surface area contributed by atoms with Crippen molar-refractivity contribution in [3.8, 4) is 0 Å². The molecule has 0 aliphatic heterocycles. The minimum Gasteiger partial charge on any atom is -0.266 e. The third-order valence-electron chi connectivity index (χ3n) is 3.52. The van der Waals surface area contributed by atoms with Crippen molar-refractivity contribution in [1.29, 1.82) is 0 Å². The molecule has 4 aromatic rings. The molecule has 0 saturated carbocycles. The van der Waals surface area contributed by atoms with E-state index in [1.807, 2.05) is 78.9 Å². The zero-order valence-corrected chi connectivity index (χ0v) is 13.5. The fraction of sp³-hybridized carbons (Fsp3) is 0. The molecule has 0 N–H and O–H groups in total. The third kappa shape index (κ3) is 2.89. The number of hydrogen-bond donors (Lipinski definition) is 0. The molecule has 0 aliphatic rings. The predicted molar refractivity (Wildman–Crippen MR) is 97.7 cm³/mol. The van der Waals surface area contributed by atoms with Gasteiger partial charge in [0.05, 0.1) is 4.53 Å². The lowest BCUT2D eigenvalue weighted by atomic mass is 10.2. The zero-order chi connectivity index (χ0) is 16.4. The molecule has 4 nitrogen and oxygen atoms in total. The van der Waals surface area contributed by atoms with E-state index in [4.69, 9.17) is 0 Å². The number of hydrogen-bond acceptors (Lipinski definition) is 4. The Balaban J connectivity index is 1.70. The van der Waals surface area contributed by atoms with Gasteiger partial charge in [-0.15, -0.1) is 5.10 Å². The van der Waals surface area contributed by atoms with Gasteiger partial charge >= 0.3 is 0 Å². The summed E-state index contributed by atoms with van der Waals surface area (Å²) in [6, 6.07) is 19.7. The highest BCUT2D eigenvalue weighted by atomic mass is 32.1. The summed E-state index contributed by atoms with van der Waals surface area (Å²) in [5.41, 5.74) is 1.92. The Labute approximate surface area is 142 Å². The van der Waals surface area contributed by atoms with Crippen LogP contribution in [0.25, 0.3) is 23.2 Å². The van der Waals surface area contributed by atoms with Gasteiger partial charge in [0, 0.05) is 0 Å². The molecule has 2 aromatic heterocycles. The molecule has 0 spiro atoms. The summed E-state index contributed by atoms with van der Waals surface area (Å²) in [5, 5.41) is 4.29. The van der Waals surface area contributed by atoms with Gasteiger partial charge < -0.3 is 0 Å². The first-order chi connectivity index (χ1) is 11.8. The molecule has 0 unspecified atom stereocenters. The SMILES string of the molecule is O=c1c(=Cc2ccccc2)sc2nc(C=Cc3ccccc3)nn12. The molecule has 0 fully saturated rings. The van der Waals surface area contributed by atoms with Crippen molar-refractivity contribution >= 4 is 34.5 Å². The molecular formula is C19H13N3OS. The molecule has 0 saturated heterocycles. The van der Waals surface area contributed by atoms with Crippen LogP contribution in [-0.4, -0.2) is 14.6 Å². The monoisotopic (exact) mass is 331 g/mol. The average molecular weight is 331 g/mol. The van der Waals surface area contributed by atoms with Crippen LogP contribution in [0.5, 0.6) is 0 Å². The van der Waals surface area contributed by atoms with Gasteiger partial charge in [0.15, 0.2) is 5.82 Å². The van der Waals surface area contributed by atoms with Crippen molar-refractivity contribution < 1.29 is 0 Å². The van der Waals surface area contributed by atoms with Gasteiger partial charge in [0.25, 0.3) is 5.56 Å². The minimum absolute atomic E-state index is 0.134. The summed E-state index contributed by atoms with van der Waals surface area (Å²) in [6.07, 6.45) is 5.61. The van der Waals surface area contributed by atoms with E-state index in [9.17, 15) is 4.79 Å². The normalized spacial score (nSPS) is 12.4. The number of aromatic nitrogens is 3. The van der Waals surface area contributed by atoms with Gasteiger partial charge in [-0.05, 0) is 23.3 Å². The van der Waals surface area contributed by atoms with Crippen molar-refractivity contribution in [2.24, 2.45) is 0 Å². The highest BCUT2D eigenvalue weighted by Crippen LogP contribution is 2.07. The van der Waals surface area contributed by atoms with Crippen LogP contribution in [0.2, 0.25) is 0 Å². The van der Waals surface area contributed by atoms with Crippen LogP contribution >= 0.6 is 11.3 Å². The molecule has 24 heavy (non-hydrogen) atoms. The summed E-state index contributed by atoms with van der Waals surface area (Å²) in [6.45, 7) is 0. The maximum absolute atomic E-state index is 12.4. The molecule has 0 bridgehead atoms. The van der Waals surface area contributed by atoms with Crippen molar-refractivity contribution in [3.63, 3.8) is 0 Å². The summed E-state index contributed by atoms with van der Waals surface area (Å²) in [7, 11) is 0. The third-order valence-corrected chi connectivity index (χ3v) is 4.48. The van der Waals surface area contributed by atoms with E-state index in [0.29, 0.717) is 15.3 Å². The number of rotatable bonds is 3. The molecule has 4 rings (SSSR count). The van der Waals surface area contributed by atoms with Crippen molar-refractivity contribution in [1.82, 2.24) is 14.6 Å². The van der Waals surface area contributed by atoms with Crippen LogP contribution in [0.3, 0.4) is 0 Å². The molecule has 0 amide bonds. The van der Waals surface area contributed by atoms with Crippen LogP contribution in [0.15, 0.2) is 65.5 Å². The second-order valence-corrected chi connectivity index (χ2v) is 6.24. The fourth-order valence-corrected chi connectivity index (χ4v) is 3.27. The van der Waals surface area contributed by atoms with Crippen LogP contribution in [0.1, 0.15) is 17.0 Å². The Hall–Kier alpha value is -3.05. The summed E-state index contributed by atoms with van der Waals surface area (Å²) < 4.78 is 2.00. The van der Waals surface area contributed by atoms with Gasteiger partial charge in [-0.3, -0.25) is 4.79 Å². The summed E-state index contributed by atoms with van der Waals surface area (Å²) in [4.78, 5) is 17.5. The van der Waals surface area contributed by atoms with Crippen molar-refractivity contribution in [2.75, 3.05) is 0 Å². The fourth-order valence-electron chi connectivity index (χ4n) is 2.36. The highest BCUT2D eigenvalue weighted by molar-refractivity contribution is 7.15. The average Bonchev–Trinajstić information content (AvgIpc) is 3.15. The van der Waals surface area contributed by atoms with Crippen molar-refractivity contribution in [2.45, 2.75) is 0 Å². The maximum Gasteiger partial charge on any atom is 0.291 e. The molecule has 116 valence electrons. The second-order valence-electron chi connectivity index (χ2n) is 5.23. The summed E-state index contributed by atoms with van der Waals surface area (Å²) in [5.74, 6) is 0.536. The number of nitrogens with zero attached hydrogens (tertiary/aromatic N) is 3. The van der Waals surface area contributed by atoms with E-state index in [1.165, 1.54) is 15.9 Å². The van der Waals surface area contributed by atoms with Gasteiger partial charge in [-0.25, -0.2) is 0 Å². The standard InChI is InChI=1S/C19H13N3OS/c23-18-16(13-15-9-5-2-6-10-15)24-19-20-17(21-22(18)19)12-11-14-7-3-1-4-8-14/h1-13H. The van der Waals surface area contributed by atoms with E-state index in [1.54, 1.807) is 0 Å². The van der Waals surface area contributed by atoms with Gasteiger partial charge in [-0.2, -0.15) is 9.50 Å². The molecule has 0 radical (unpaired) electrons. The Kier molecular flexibility index (Phi) is 3.76. The molecular weight excluding hydrogens is 318 g/mol. The largest absolute Gasteiger partial charge is 0.291 e. The van der Waals surface area contributed by atoms with Crippen LogP contribution < -0.4 is 10.1 Å². The van der Waals surface area contributed by atoms with Crippen LogP contribution in [0.4, 0.5) is 0 Å². The first-order valence-corrected chi connectivity index (χ1v) is 8.31. The Morgan fingerprint density at radius 1 is 0.875 bits per heavy atom. The molecule has 0 atom stereocenters. The van der Waals surface area contributed by atoms with Crippen LogP contribution in [0, 0.1) is 0 Å². The first-order valence-electron chi connectivity index (χ1n) is 7.49. The zero-order valence-electron chi connectivity index (χ0n) is 12.7. The van der Waals surface area contributed by atoms with Crippen LogP contribution in [-0.2, 0) is 0 Å². The number of fused-ring (bicyclic) bond motifs is 1. The lowest BCUT2D eigenvalue weighted by Gasteiger charge is -1.89. The van der Waals surface area contributed by atoms with E-state index < -0.39 is 0 Å². The smallest absolute Gasteiger partial charge is 0.266 e. The number of benzene rings is 2. The Morgan fingerprint density at radius 2 is 1.54 bits per heavy atom.